The van der Waals surface area contributed by atoms with Crippen LogP contribution in [0.5, 0.6) is 0 Å². The molecule has 2 atom stereocenters. The highest BCUT2D eigenvalue weighted by Gasteiger charge is 2.43. The number of nitrogens with zero attached hydrogens (tertiary/aromatic N) is 2. The molecule has 0 radical (unpaired) electrons. The van der Waals surface area contributed by atoms with Crippen molar-refractivity contribution in [2.45, 2.75) is 24.9 Å². The van der Waals surface area contributed by atoms with Gasteiger partial charge in [-0.05, 0) is 37.1 Å². The zero-order chi connectivity index (χ0) is 16.5. The number of piperazine rings is 1. The van der Waals surface area contributed by atoms with Gasteiger partial charge < -0.3 is 9.80 Å². The zero-order valence-corrected chi connectivity index (χ0v) is 13.5. The maximum absolute atomic E-state index is 12.8. The number of amides is 2. The number of carbonyl (C=O) groups is 2. The van der Waals surface area contributed by atoms with Crippen molar-refractivity contribution < 1.29 is 9.59 Å². The smallest absolute Gasteiger partial charge is 0.254 e. The van der Waals surface area contributed by atoms with E-state index in [9.17, 15) is 9.59 Å². The molecule has 0 N–H and O–H groups in total. The highest BCUT2D eigenvalue weighted by Crippen LogP contribution is 2.31. The van der Waals surface area contributed by atoms with Crippen molar-refractivity contribution in [2.24, 2.45) is 0 Å². The number of hydrogen-bond donors (Lipinski definition) is 0. The number of carbonyl (C=O) groups excluding carboxylic acids is 2. The lowest BCUT2D eigenvalue weighted by Crippen LogP contribution is -2.65. The van der Waals surface area contributed by atoms with Crippen LogP contribution in [0.3, 0.4) is 0 Å². The minimum absolute atomic E-state index is 0.0807. The summed E-state index contributed by atoms with van der Waals surface area (Å²) in [7, 11) is 0. The molecule has 3 saturated heterocycles. The second-order valence-corrected chi connectivity index (χ2v) is 6.53. The Morgan fingerprint density at radius 1 is 0.667 bits per heavy atom. The van der Waals surface area contributed by atoms with Gasteiger partial charge in [-0.25, -0.2) is 0 Å². The molecular weight excluding hydrogens is 300 g/mol. The normalized spacial score (nSPS) is 22.5. The number of hydrogen-bond acceptors (Lipinski definition) is 2. The van der Waals surface area contributed by atoms with E-state index in [1.807, 2.05) is 70.5 Å². The first-order valence-electron chi connectivity index (χ1n) is 8.46. The monoisotopic (exact) mass is 320 g/mol. The van der Waals surface area contributed by atoms with Crippen LogP contribution in [0.1, 0.15) is 33.6 Å². The van der Waals surface area contributed by atoms with E-state index in [0.717, 1.165) is 24.0 Å². The van der Waals surface area contributed by atoms with Gasteiger partial charge in [-0.1, -0.05) is 36.4 Å². The molecule has 4 nitrogen and oxygen atoms in total. The summed E-state index contributed by atoms with van der Waals surface area (Å²) in [6, 6.07) is 19.1. The number of piperidine rings is 2. The molecule has 4 heteroatoms. The predicted molar refractivity (Wildman–Crippen MR) is 91.8 cm³/mol. The van der Waals surface area contributed by atoms with Crippen LogP contribution in [-0.4, -0.2) is 46.8 Å². The Morgan fingerprint density at radius 2 is 1.04 bits per heavy atom. The Morgan fingerprint density at radius 3 is 1.38 bits per heavy atom. The van der Waals surface area contributed by atoms with Crippen LogP contribution >= 0.6 is 0 Å². The van der Waals surface area contributed by atoms with Crippen LogP contribution in [0.2, 0.25) is 0 Å². The Kier molecular flexibility index (Phi) is 3.81. The maximum Gasteiger partial charge on any atom is 0.254 e. The van der Waals surface area contributed by atoms with Crippen molar-refractivity contribution in [3.8, 4) is 0 Å². The Bertz CT molecular complexity index is 679. The van der Waals surface area contributed by atoms with Crippen molar-refractivity contribution in [1.82, 2.24) is 9.80 Å². The van der Waals surface area contributed by atoms with E-state index in [0.29, 0.717) is 13.1 Å². The standard InChI is InChI=1S/C20H20N2O2/c23-19(15-7-3-1-4-8-15)21-13-18-12-11-17(21)14-22(18)20(24)16-9-5-2-6-10-16/h1-10,17-18H,11-14H2. The Labute approximate surface area is 141 Å². The van der Waals surface area contributed by atoms with Crippen LogP contribution < -0.4 is 0 Å². The highest BCUT2D eigenvalue weighted by molar-refractivity contribution is 5.96. The fraction of sp³-hybridized carbons (Fsp3) is 0.300. The summed E-state index contributed by atoms with van der Waals surface area (Å²) in [5.74, 6) is 0.161. The van der Waals surface area contributed by atoms with Gasteiger partial charge in [0.2, 0.25) is 0 Å². The van der Waals surface area contributed by atoms with E-state index in [-0.39, 0.29) is 23.9 Å². The van der Waals surface area contributed by atoms with Gasteiger partial charge in [0.05, 0.1) is 0 Å². The lowest BCUT2D eigenvalue weighted by atomic mass is 9.89. The van der Waals surface area contributed by atoms with E-state index in [1.165, 1.54) is 0 Å². The van der Waals surface area contributed by atoms with Crippen molar-refractivity contribution in [1.29, 1.82) is 0 Å². The lowest BCUT2D eigenvalue weighted by Gasteiger charge is -2.51. The molecule has 0 aromatic heterocycles. The van der Waals surface area contributed by atoms with Crippen LogP contribution in [-0.2, 0) is 0 Å². The third kappa shape index (κ3) is 2.58. The molecule has 0 aliphatic carbocycles. The fourth-order valence-corrected chi connectivity index (χ4v) is 3.82. The average Bonchev–Trinajstić information content (AvgIpc) is 2.68. The maximum atomic E-state index is 12.8. The molecule has 122 valence electrons. The molecule has 2 aromatic rings. The average molecular weight is 320 g/mol. The molecular formula is C20H20N2O2. The second-order valence-electron chi connectivity index (χ2n) is 6.53. The van der Waals surface area contributed by atoms with Gasteiger partial charge in [0, 0.05) is 36.3 Å². The van der Waals surface area contributed by atoms with E-state index in [4.69, 9.17) is 0 Å². The molecule has 2 aromatic carbocycles. The van der Waals surface area contributed by atoms with E-state index in [1.54, 1.807) is 0 Å². The summed E-state index contributed by atoms with van der Waals surface area (Å²) in [4.78, 5) is 29.4. The summed E-state index contributed by atoms with van der Waals surface area (Å²) in [5.41, 5.74) is 1.46. The predicted octanol–water partition coefficient (Wildman–Crippen LogP) is 2.82. The molecule has 0 spiro atoms. The minimum atomic E-state index is 0.0807. The second kappa shape index (κ2) is 6.11. The molecule has 5 rings (SSSR count). The van der Waals surface area contributed by atoms with Gasteiger partial charge in [-0.3, -0.25) is 9.59 Å². The summed E-state index contributed by atoms with van der Waals surface area (Å²) in [6.45, 7) is 1.27. The summed E-state index contributed by atoms with van der Waals surface area (Å²) in [6.07, 6.45) is 1.95. The third-order valence-corrected chi connectivity index (χ3v) is 5.09. The quantitative estimate of drug-likeness (QED) is 0.854. The fourth-order valence-electron chi connectivity index (χ4n) is 3.82. The SMILES string of the molecule is O=C(c1ccccc1)N1CC2CCC1CN2C(=O)c1ccccc1. The van der Waals surface area contributed by atoms with Crippen molar-refractivity contribution >= 4 is 11.8 Å². The number of fused-ring (bicyclic) bond motifs is 3. The first-order chi connectivity index (χ1) is 11.7. The van der Waals surface area contributed by atoms with Crippen LogP contribution in [0.4, 0.5) is 0 Å². The first-order valence-corrected chi connectivity index (χ1v) is 8.46. The van der Waals surface area contributed by atoms with Crippen LogP contribution in [0.25, 0.3) is 0 Å². The molecule has 3 aliphatic rings. The molecule has 0 saturated carbocycles. The molecule has 3 fully saturated rings. The van der Waals surface area contributed by atoms with Gasteiger partial charge >= 0.3 is 0 Å². The van der Waals surface area contributed by atoms with Gasteiger partial charge in [0.1, 0.15) is 0 Å². The lowest BCUT2D eigenvalue weighted by molar-refractivity contribution is -0.00607. The van der Waals surface area contributed by atoms with E-state index < -0.39 is 0 Å². The van der Waals surface area contributed by atoms with Crippen LogP contribution in [0, 0.1) is 0 Å². The highest BCUT2D eigenvalue weighted by atomic mass is 16.2. The first kappa shape index (κ1) is 14.9. The molecule has 24 heavy (non-hydrogen) atoms. The molecule has 3 aliphatic heterocycles. The molecule has 2 unspecified atom stereocenters. The van der Waals surface area contributed by atoms with E-state index in [2.05, 4.69) is 0 Å². The Hall–Kier alpha value is -2.62. The summed E-state index contributed by atoms with van der Waals surface area (Å²) < 4.78 is 0. The van der Waals surface area contributed by atoms with Crippen molar-refractivity contribution in [2.75, 3.05) is 13.1 Å². The van der Waals surface area contributed by atoms with Crippen LogP contribution in [0.15, 0.2) is 60.7 Å². The van der Waals surface area contributed by atoms with Gasteiger partial charge in [0.15, 0.2) is 0 Å². The third-order valence-electron chi connectivity index (χ3n) is 5.09. The van der Waals surface area contributed by atoms with Gasteiger partial charge in [0.25, 0.3) is 11.8 Å². The van der Waals surface area contributed by atoms with Gasteiger partial charge in [-0.2, -0.15) is 0 Å². The molecule has 2 bridgehead atoms. The minimum Gasteiger partial charge on any atom is -0.332 e. The van der Waals surface area contributed by atoms with E-state index >= 15 is 0 Å². The molecule has 3 heterocycles. The zero-order valence-electron chi connectivity index (χ0n) is 13.5. The summed E-state index contributed by atoms with van der Waals surface area (Å²) in [5, 5.41) is 0. The van der Waals surface area contributed by atoms with Crippen molar-refractivity contribution in [3.05, 3.63) is 71.8 Å². The summed E-state index contributed by atoms with van der Waals surface area (Å²) >= 11 is 0. The largest absolute Gasteiger partial charge is 0.332 e. The Balaban J connectivity index is 1.52. The number of rotatable bonds is 2. The van der Waals surface area contributed by atoms with Gasteiger partial charge in [-0.15, -0.1) is 0 Å². The number of benzene rings is 2. The van der Waals surface area contributed by atoms with Crippen molar-refractivity contribution in [3.63, 3.8) is 0 Å². The molecule has 2 amide bonds. The topological polar surface area (TPSA) is 40.6 Å².